The Bertz CT molecular complexity index is 744. The summed E-state index contributed by atoms with van der Waals surface area (Å²) in [5.41, 5.74) is 3.58. The highest BCUT2D eigenvalue weighted by Gasteiger charge is 2.11. The van der Waals surface area contributed by atoms with Gasteiger partial charge >= 0.3 is 5.97 Å². The van der Waals surface area contributed by atoms with Crippen LogP contribution in [0.3, 0.4) is 0 Å². The van der Waals surface area contributed by atoms with Crippen molar-refractivity contribution in [3.8, 4) is 0 Å². The average molecular weight is 265 g/mol. The van der Waals surface area contributed by atoms with Gasteiger partial charge in [0, 0.05) is 10.9 Å². The molecular weight excluding hydrogens is 250 g/mol. The molecule has 3 aromatic rings. The molecule has 0 radical (unpaired) electrons. The Balaban J connectivity index is 1.75. The lowest BCUT2D eigenvalue weighted by molar-refractivity contribution is 0.0467. The molecule has 0 aliphatic heterocycles. The normalized spacial score (nSPS) is 10.7. The third kappa shape index (κ3) is 2.57. The number of aromatic nitrogens is 1. The third-order valence-corrected chi connectivity index (χ3v) is 3.21. The van der Waals surface area contributed by atoms with E-state index in [1.54, 1.807) is 0 Å². The number of esters is 1. The molecule has 0 saturated carbocycles. The van der Waals surface area contributed by atoms with Crippen LogP contribution in [0.5, 0.6) is 0 Å². The van der Waals surface area contributed by atoms with E-state index in [-0.39, 0.29) is 12.6 Å². The van der Waals surface area contributed by atoms with Crippen molar-refractivity contribution in [2.24, 2.45) is 0 Å². The molecule has 0 fully saturated rings. The van der Waals surface area contributed by atoms with Crippen molar-refractivity contribution < 1.29 is 9.53 Å². The summed E-state index contributed by atoms with van der Waals surface area (Å²) in [5.74, 6) is -0.331. The molecule has 0 bridgehead atoms. The van der Waals surface area contributed by atoms with Gasteiger partial charge in [0.25, 0.3) is 0 Å². The molecule has 0 aliphatic carbocycles. The van der Waals surface area contributed by atoms with Gasteiger partial charge in [-0.2, -0.15) is 0 Å². The summed E-state index contributed by atoms with van der Waals surface area (Å²) in [6, 6.07) is 17.5. The number of fused-ring (bicyclic) bond motifs is 1. The highest BCUT2D eigenvalue weighted by molar-refractivity contribution is 5.94. The van der Waals surface area contributed by atoms with Crippen LogP contribution < -0.4 is 0 Å². The second-order valence-electron chi connectivity index (χ2n) is 4.84. The zero-order valence-electron chi connectivity index (χ0n) is 11.2. The number of rotatable bonds is 3. The predicted octanol–water partition coefficient (Wildman–Crippen LogP) is 3.83. The molecule has 0 aliphatic rings. The van der Waals surface area contributed by atoms with Gasteiger partial charge in [-0.15, -0.1) is 0 Å². The first-order chi connectivity index (χ1) is 9.72. The minimum Gasteiger partial charge on any atom is -0.456 e. The Morgan fingerprint density at radius 3 is 2.70 bits per heavy atom. The molecule has 3 heteroatoms. The number of H-pyrrole nitrogens is 1. The first-order valence-corrected chi connectivity index (χ1v) is 6.53. The summed E-state index contributed by atoms with van der Waals surface area (Å²) in [4.78, 5) is 15.1. The van der Waals surface area contributed by atoms with Crippen LogP contribution in [0.4, 0.5) is 0 Å². The molecule has 0 unspecified atom stereocenters. The van der Waals surface area contributed by atoms with Gasteiger partial charge in [0.1, 0.15) is 12.3 Å². The molecule has 0 saturated heterocycles. The van der Waals surface area contributed by atoms with Crippen molar-refractivity contribution in [2.75, 3.05) is 0 Å². The molecule has 20 heavy (non-hydrogen) atoms. The van der Waals surface area contributed by atoms with Gasteiger partial charge in [0.15, 0.2) is 0 Å². The van der Waals surface area contributed by atoms with Crippen LogP contribution in [0, 0.1) is 6.92 Å². The van der Waals surface area contributed by atoms with Crippen LogP contribution >= 0.6 is 0 Å². The van der Waals surface area contributed by atoms with Crippen molar-refractivity contribution in [2.45, 2.75) is 13.5 Å². The van der Waals surface area contributed by atoms with E-state index in [2.05, 4.69) is 4.98 Å². The monoisotopic (exact) mass is 265 g/mol. The topological polar surface area (TPSA) is 42.1 Å². The first-order valence-electron chi connectivity index (χ1n) is 6.53. The fourth-order valence-electron chi connectivity index (χ4n) is 2.16. The fourth-order valence-corrected chi connectivity index (χ4v) is 2.16. The van der Waals surface area contributed by atoms with Crippen molar-refractivity contribution >= 4 is 16.9 Å². The summed E-state index contributed by atoms with van der Waals surface area (Å²) in [5, 5.41) is 1.02. The molecule has 1 heterocycles. The molecule has 3 nitrogen and oxygen atoms in total. The van der Waals surface area contributed by atoms with E-state index in [4.69, 9.17) is 4.74 Å². The van der Waals surface area contributed by atoms with Gasteiger partial charge in [-0.3, -0.25) is 0 Å². The summed E-state index contributed by atoms with van der Waals surface area (Å²) in [6.07, 6.45) is 0. The maximum atomic E-state index is 12.0. The fraction of sp³-hybridized carbons (Fsp3) is 0.118. The lowest BCUT2D eigenvalue weighted by Crippen LogP contribution is -2.05. The standard InChI is InChI=1S/C17H15NO2/c1-12-7-8-15-14(9-12)10-16(18-15)17(19)20-11-13-5-3-2-4-6-13/h2-10,18H,11H2,1H3. The Labute approximate surface area is 117 Å². The van der Waals surface area contributed by atoms with Gasteiger partial charge in [0.05, 0.1) is 0 Å². The number of aryl methyl sites for hydroxylation is 1. The van der Waals surface area contributed by atoms with Crippen molar-refractivity contribution in [3.63, 3.8) is 0 Å². The molecule has 3 rings (SSSR count). The van der Waals surface area contributed by atoms with Crippen LogP contribution in [0.1, 0.15) is 21.6 Å². The summed E-state index contributed by atoms with van der Waals surface area (Å²) in [6.45, 7) is 2.31. The minimum atomic E-state index is -0.331. The van der Waals surface area contributed by atoms with E-state index in [1.807, 2.05) is 61.5 Å². The predicted molar refractivity (Wildman–Crippen MR) is 78.6 cm³/mol. The maximum absolute atomic E-state index is 12.0. The lowest BCUT2D eigenvalue weighted by atomic mass is 10.2. The van der Waals surface area contributed by atoms with Crippen molar-refractivity contribution in [1.29, 1.82) is 0 Å². The van der Waals surface area contributed by atoms with Gasteiger partial charge in [-0.25, -0.2) is 4.79 Å². The second-order valence-corrected chi connectivity index (χ2v) is 4.84. The number of benzene rings is 2. The zero-order chi connectivity index (χ0) is 13.9. The summed E-state index contributed by atoms with van der Waals surface area (Å²) >= 11 is 0. The number of aromatic amines is 1. The van der Waals surface area contributed by atoms with Crippen molar-refractivity contribution in [1.82, 2.24) is 4.98 Å². The quantitative estimate of drug-likeness (QED) is 0.731. The molecule has 0 amide bonds. The SMILES string of the molecule is Cc1ccc2[nH]c(C(=O)OCc3ccccc3)cc2c1. The molecule has 0 atom stereocenters. The molecule has 1 aromatic heterocycles. The largest absolute Gasteiger partial charge is 0.456 e. The van der Waals surface area contributed by atoms with E-state index < -0.39 is 0 Å². The molecule has 100 valence electrons. The molecule has 2 aromatic carbocycles. The number of hydrogen-bond acceptors (Lipinski definition) is 2. The number of hydrogen-bond donors (Lipinski definition) is 1. The lowest BCUT2D eigenvalue weighted by Gasteiger charge is -2.02. The third-order valence-electron chi connectivity index (χ3n) is 3.21. The van der Waals surface area contributed by atoms with Crippen LogP contribution in [0.25, 0.3) is 10.9 Å². The second kappa shape index (κ2) is 5.21. The molecule has 1 N–H and O–H groups in total. The van der Waals surface area contributed by atoms with E-state index >= 15 is 0 Å². The first kappa shape index (κ1) is 12.5. The summed E-state index contributed by atoms with van der Waals surface area (Å²) in [7, 11) is 0. The minimum absolute atomic E-state index is 0.286. The van der Waals surface area contributed by atoms with Crippen molar-refractivity contribution in [3.05, 3.63) is 71.4 Å². The Morgan fingerprint density at radius 1 is 1.10 bits per heavy atom. The maximum Gasteiger partial charge on any atom is 0.355 e. The average Bonchev–Trinajstić information content (AvgIpc) is 2.89. The van der Waals surface area contributed by atoms with Crippen LogP contribution in [0.2, 0.25) is 0 Å². The van der Waals surface area contributed by atoms with Gasteiger partial charge in [-0.05, 0) is 30.7 Å². The van der Waals surface area contributed by atoms with E-state index in [9.17, 15) is 4.79 Å². The number of carbonyl (C=O) groups is 1. The zero-order valence-corrected chi connectivity index (χ0v) is 11.2. The van der Waals surface area contributed by atoms with E-state index in [0.29, 0.717) is 5.69 Å². The Morgan fingerprint density at radius 2 is 1.90 bits per heavy atom. The highest BCUT2D eigenvalue weighted by atomic mass is 16.5. The van der Waals surface area contributed by atoms with E-state index in [1.165, 1.54) is 5.56 Å². The van der Waals surface area contributed by atoms with Gasteiger partial charge in [-0.1, -0.05) is 42.0 Å². The number of carbonyl (C=O) groups excluding carboxylic acids is 1. The highest BCUT2D eigenvalue weighted by Crippen LogP contribution is 2.17. The molecule has 0 spiro atoms. The Hall–Kier alpha value is -2.55. The van der Waals surface area contributed by atoms with Crippen LogP contribution in [0.15, 0.2) is 54.6 Å². The molecular formula is C17H15NO2. The number of ether oxygens (including phenoxy) is 1. The van der Waals surface area contributed by atoms with E-state index in [0.717, 1.165) is 16.5 Å². The Kier molecular flexibility index (Phi) is 3.25. The number of nitrogens with one attached hydrogen (secondary N) is 1. The van der Waals surface area contributed by atoms with Gasteiger partial charge in [0.2, 0.25) is 0 Å². The van der Waals surface area contributed by atoms with Gasteiger partial charge < -0.3 is 9.72 Å². The summed E-state index contributed by atoms with van der Waals surface area (Å²) < 4.78 is 5.30. The smallest absolute Gasteiger partial charge is 0.355 e. The van der Waals surface area contributed by atoms with Crippen LogP contribution in [-0.4, -0.2) is 11.0 Å². The van der Waals surface area contributed by atoms with Crippen LogP contribution in [-0.2, 0) is 11.3 Å².